The molecule has 0 amide bonds. The van der Waals surface area contributed by atoms with Crippen molar-refractivity contribution in [1.82, 2.24) is 0 Å². The summed E-state index contributed by atoms with van der Waals surface area (Å²) in [7, 11) is -4.41. The molecule has 0 saturated heterocycles. The largest absolute Gasteiger partial charge is 0.472 e. The first kappa shape index (κ1) is 79.7. The zero-order valence-corrected chi connectivity index (χ0v) is 54.5. The Morgan fingerprint density at radius 3 is 1.00 bits per heavy atom. The molecular formula is C73H128NO8P. The van der Waals surface area contributed by atoms with Gasteiger partial charge in [0.15, 0.2) is 6.10 Å². The average molecular weight is 1180 g/mol. The Bertz CT molecular complexity index is 1730. The van der Waals surface area contributed by atoms with Crippen LogP contribution in [0.5, 0.6) is 0 Å². The minimum absolute atomic E-state index is 0.0434. The number of rotatable bonds is 64. The van der Waals surface area contributed by atoms with Crippen molar-refractivity contribution in [2.75, 3.05) is 26.4 Å². The van der Waals surface area contributed by atoms with Gasteiger partial charge in [-0.1, -0.05) is 303 Å². The third-order valence-electron chi connectivity index (χ3n) is 14.6. The summed E-state index contributed by atoms with van der Waals surface area (Å²) in [6, 6.07) is 0. The number of carbonyl (C=O) groups excluding carboxylic acids is 2. The highest BCUT2D eigenvalue weighted by Crippen LogP contribution is 2.43. The number of allylic oxidation sites excluding steroid dienone is 18. The number of hydrogen-bond acceptors (Lipinski definition) is 8. The molecule has 2 atom stereocenters. The number of carbonyl (C=O) groups is 2. The second-order valence-corrected chi connectivity index (χ2v) is 24.1. The number of phosphoric ester groups is 1. The minimum Gasteiger partial charge on any atom is -0.462 e. The van der Waals surface area contributed by atoms with Gasteiger partial charge in [0.1, 0.15) is 6.61 Å². The van der Waals surface area contributed by atoms with Crippen LogP contribution in [0, 0.1) is 0 Å². The lowest BCUT2D eigenvalue weighted by atomic mass is 10.0. The Morgan fingerprint density at radius 2 is 0.663 bits per heavy atom. The topological polar surface area (TPSA) is 134 Å². The molecule has 478 valence electrons. The quantitative estimate of drug-likeness (QED) is 0.0264. The molecule has 0 aromatic carbocycles. The van der Waals surface area contributed by atoms with Crippen molar-refractivity contribution in [3.63, 3.8) is 0 Å². The van der Waals surface area contributed by atoms with Crippen molar-refractivity contribution in [3.05, 3.63) is 109 Å². The van der Waals surface area contributed by atoms with E-state index in [9.17, 15) is 19.0 Å². The Morgan fingerprint density at radius 1 is 0.373 bits per heavy atom. The molecule has 0 spiro atoms. The fourth-order valence-electron chi connectivity index (χ4n) is 9.59. The lowest BCUT2D eigenvalue weighted by molar-refractivity contribution is -0.161. The van der Waals surface area contributed by atoms with Gasteiger partial charge in [-0.3, -0.25) is 18.6 Å². The predicted octanol–water partition coefficient (Wildman–Crippen LogP) is 22.5. The van der Waals surface area contributed by atoms with Crippen LogP contribution >= 0.6 is 7.82 Å². The Labute approximate surface area is 511 Å². The lowest BCUT2D eigenvalue weighted by Gasteiger charge is -2.19. The van der Waals surface area contributed by atoms with Gasteiger partial charge in [0.05, 0.1) is 13.2 Å². The van der Waals surface area contributed by atoms with Gasteiger partial charge >= 0.3 is 19.8 Å². The van der Waals surface area contributed by atoms with Gasteiger partial charge in [-0.2, -0.15) is 0 Å². The summed E-state index contributed by atoms with van der Waals surface area (Å²) in [4.78, 5) is 35.3. The van der Waals surface area contributed by atoms with Gasteiger partial charge in [-0.25, -0.2) is 4.57 Å². The van der Waals surface area contributed by atoms with E-state index >= 15 is 0 Å². The summed E-state index contributed by atoms with van der Waals surface area (Å²) in [6.45, 7) is 3.60. The maximum absolute atomic E-state index is 12.7. The Balaban J connectivity index is 3.89. The molecule has 0 aliphatic carbocycles. The van der Waals surface area contributed by atoms with E-state index in [0.717, 1.165) is 89.9 Å². The van der Waals surface area contributed by atoms with Gasteiger partial charge in [-0.05, 0) is 103 Å². The smallest absolute Gasteiger partial charge is 0.462 e. The van der Waals surface area contributed by atoms with Crippen molar-refractivity contribution in [1.29, 1.82) is 0 Å². The zero-order chi connectivity index (χ0) is 60.1. The van der Waals surface area contributed by atoms with Crippen LogP contribution in [-0.2, 0) is 32.7 Å². The van der Waals surface area contributed by atoms with Gasteiger partial charge in [0.2, 0.25) is 0 Å². The highest BCUT2D eigenvalue weighted by molar-refractivity contribution is 7.47. The lowest BCUT2D eigenvalue weighted by Crippen LogP contribution is -2.29. The molecule has 0 saturated carbocycles. The first-order chi connectivity index (χ1) is 40.8. The molecule has 0 fully saturated rings. The normalized spacial score (nSPS) is 13.6. The predicted molar refractivity (Wildman–Crippen MR) is 358 cm³/mol. The van der Waals surface area contributed by atoms with Gasteiger partial charge < -0.3 is 20.1 Å². The van der Waals surface area contributed by atoms with E-state index in [1.807, 2.05) is 0 Å². The molecule has 3 N–H and O–H groups in total. The molecule has 10 heteroatoms. The first-order valence-corrected chi connectivity index (χ1v) is 35.9. The summed E-state index contributed by atoms with van der Waals surface area (Å²) in [5.41, 5.74) is 5.39. The second-order valence-electron chi connectivity index (χ2n) is 22.7. The number of esters is 2. The maximum Gasteiger partial charge on any atom is 0.472 e. The van der Waals surface area contributed by atoms with Crippen LogP contribution in [-0.4, -0.2) is 49.3 Å². The summed E-state index contributed by atoms with van der Waals surface area (Å²) in [5.74, 6) is -0.862. The van der Waals surface area contributed by atoms with Crippen molar-refractivity contribution >= 4 is 19.8 Å². The summed E-state index contributed by atoms with van der Waals surface area (Å²) < 4.78 is 33.1. The number of unbranched alkanes of at least 4 members (excludes halogenated alkanes) is 33. The van der Waals surface area contributed by atoms with Crippen LogP contribution in [0.25, 0.3) is 0 Å². The number of hydrogen-bond donors (Lipinski definition) is 2. The molecular weight excluding hydrogens is 1050 g/mol. The van der Waals surface area contributed by atoms with Crippen LogP contribution in [0.15, 0.2) is 109 Å². The molecule has 0 radical (unpaired) electrons. The van der Waals surface area contributed by atoms with Crippen molar-refractivity contribution in [3.8, 4) is 0 Å². The second kappa shape index (κ2) is 67.8. The van der Waals surface area contributed by atoms with Gasteiger partial charge in [0, 0.05) is 19.4 Å². The molecule has 0 heterocycles. The van der Waals surface area contributed by atoms with E-state index in [-0.39, 0.29) is 38.6 Å². The maximum atomic E-state index is 12.7. The average Bonchev–Trinajstić information content (AvgIpc) is 3.49. The first-order valence-electron chi connectivity index (χ1n) is 34.4. The Kier molecular flexibility index (Phi) is 65.1. The van der Waals surface area contributed by atoms with E-state index in [2.05, 4.69) is 123 Å². The van der Waals surface area contributed by atoms with Crippen molar-refractivity contribution < 1.29 is 37.6 Å². The van der Waals surface area contributed by atoms with Gasteiger partial charge in [-0.15, -0.1) is 0 Å². The molecule has 9 nitrogen and oxygen atoms in total. The van der Waals surface area contributed by atoms with Crippen LogP contribution in [0.4, 0.5) is 0 Å². The Hall–Kier alpha value is -3.33. The monoisotopic (exact) mass is 1180 g/mol. The SMILES string of the molecule is CC/C=C\C/C=C\C/C=C\C/C=C\C/C=C\C/C=C\C/C=C\CCCCCC(=O)OC(COC(=O)CCCCCCCCCCCCCCCCCCCCCCCCCCC/C=C\C/C=C\CCCCCCC)COP(=O)(O)OCCN. The van der Waals surface area contributed by atoms with E-state index in [4.69, 9.17) is 24.3 Å². The highest BCUT2D eigenvalue weighted by atomic mass is 31.2. The third kappa shape index (κ3) is 67.7. The van der Waals surface area contributed by atoms with Crippen LogP contribution < -0.4 is 5.73 Å². The van der Waals surface area contributed by atoms with E-state index in [0.29, 0.717) is 6.42 Å². The van der Waals surface area contributed by atoms with Crippen LogP contribution in [0.2, 0.25) is 0 Å². The van der Waals surface area contributed by atoms with Crippen LogP contribution in [0.3, 0.4) is 0 Å². The molecule has 0 aliphatic heterocycles. The van der Waals surface area contributed by atoms with E-state index < -0.39 is 26.5 Å². The molecule has 0 bridgehead atoms. The van der Waals surface area contributed by atoms with Crippen molar-refractivity contribution in [2.45, 2.75) is 315 Å². The number of nitrogens with two attached hydrogens (primary N) is 1. The minimum atomic E-state index is -4.41. The molecule has 83 heavy (non-hydrogen) atoms. The van der Waals surface area contributed by atoms with Gasteiger partial charge in [0.25, 0.3) is 0 Å². The fourth-order valence-corrected chi connectivity index (χ4v) is 10.4. The van der Waals surface area contributed by atoms with Crippen LogP contribution in [0.1, 0.15) is 309 Å². The summed E-state index contributed by atoms with van der Waals surface area (Å²) >= 11 is 0. The fraction of sp³-hybridized carbons (Fsp3) is 0.726. The molecule has 0 aromatic rings. The van der Waals surface area contributed by atoms with E-state index in [1.165, 1.54) is 186 Å². The summed E-state index contributed by atoms with van der Waals surface area (Å²) in [6.07, 6.45) is 93.3. The van der Waals surface area contributed by atoms with Crippen molar-refractivity contribution in [2.24, 2.45) is 5.73 Å². The molecule has 0 aliphatic rings. The number of phosphoric acid groups is 1. The van der Waals surface area contributed by atoms with E-state index in [1.54, 1.807) is 0 Å². The standard InChI is InChI=1S/C73H128NO8P/c1-3-5-7-9-11-13-15-17-19-21-23-25-27-29-30-31-32-33-34-35-36-37-38-39-40-42-43-45-47-49-51-53-55-57-59-61-63-65-72(75)79-69-71(70-81-83(77,78)80-68-67-74)82-73(76)66-64-62-60-58-56-54-52-50-48-46-44-41-28-26-24-22-20-18-16-14-12-10-8-6-4-2/h6,8,12,14-15,17-18,20-21,23-24,26,41,44,48,50,54,56,71H,3-5,7,9-11,13,16,19,22,25,27-40,42-43,45-47,49,51-53,55,57-70,74H2,1-2H3,(H,77,78)/b8-6-,14-12-,17-15-,20-18-,23-21-,26-24-,44-41-,50-48-,56-54-. The molecule has 0 rings (SSSR count). The zero-order valence-electron chi connectivity index (χ0n) is 53.7. The number of ether oxygens (including phenoxy) is 2. The summed E-state index contributed by atoms with van der Waals surface area (Å²) in [5, 5.41) is 0. The molecule has 2 unspecified atom stereocenters. The third-order valence-corrected chi connectivity index (χ3v) is 15.6. The highest BCUT2D eigenvalue weighted by Gasteiger charge is 2.26. The molecule has 0 aromatic heterocycles.